The van der Waals surface area contributed by atoms with E-state index in [1.807, 2.05) is 6.07 Å². The fraction of sp³-hybridized carbons (Fsp3) is 0. The molecule has 0 fully saturated rings. The van der Waals surface area contributed by atoms with E-state index in [4.69, 9.17) is 22.3 Å². The average Bonchev–Trinajstić information content (AvgIpc) is 2.96. The van der Waals surface area contributed by atoms with Crippen molar-refractivity contribution in [3.05, 3.63) is 69.6 Å². The minimum Gasteiger partial charge on any atom is -0.279 e. The maximum Gasteiger partial charge on any atom is 0.300 e. The van der Waals surface area contributed by atoms with Crippen molar-refractivity contribution in [2.24, 2.45) is 10.2 Å². The number of azo groups is 1. The highest BCUT2D eigenvalue weighted by Gasteiger charge is 2.16. The molecule has 0 aliphatic heterocycles. The number of hydrogen-bond acceptors (Lipinski definition) is 6. The van der Waals surface area contributed by atoms with Crippen molar-refractivity contribution in [2.75, 3.05) is 0 Å². The van der Waals surface area contributed by atoms with Crippen LogP contribution in [0.15, 0.2) is 68.4 Å². The molecule has 1 N–H and O–H groups in total. The van der Waals surface area contributed by atoms with Crippen molar-refractivity contribution in [3.63, 3.8) is 0 Å². The van der Waals surface area contributed by atoms with Gasteiger partial charge in [0.15, 0.2) is 11.4 Å². The second kappa shape index (κ2) is 7.36. The van der Waals surface area contributed by atoms with Crippen LogP contribution in [0.1, 0.15) is 5.69 Å². The van der Waals surface area contributed by atoms with Crippen molar-refractivity contribution >= 4 is 42.7 Å². The molecule has 11 heteroatoms. The number of para-hydroxylation sites is 1. The van der Waals surface area contributed by atoms with Crippen LogP contribution < -0.4 is 5.56 Å². The van der Waals surface area contributed by atoms with E-state index in [0.717, 1.165) is 10.7 Å². The Kier molecular flexibility index (Phi) is 5.14. The Bertz CT molecular complexity index is 1240. The van der Waals surface area contributed by atoms with E-state index in [1.54, 1.807) is 30.3 Å². The van der Waals surface area contributed by atoms with Gasteiger partial charge in [-0.15, -0.1) is 10.2 Å². The maximum absolute atomic E-state index is 12.6. The molecule has 8 nitrogen and oxygen atoms in total. The van der Waals surface area contributed by atoms with E-state index < -0.39 is 14.6 Å². The van der Waals surface area contributed by atoms with Gasteiger partial charge in [-0.2, -0.15) is 5.26 Å². The molecule has 0 aliphatic carbocycles. The Morgan fingerprint density at radius 1 is 1.11 bits per heavy atom. The molecular formula is C16H9Cl2N5O3S. The molecule has 0 aliphatic rings. The van der Waals surface area contributed by atoms with Crippen molar-refractivity contribution < 1.29 is 8.42 Å². The van der Waals surface area contributed by atoms with Crippen LogP contribution >= 0.6 is 22.3 Å². The highest BCUT2D eigenvalue weighted by atomic mass is 35.7. The van der Waals surface area contributed by atoms with Gasteiger partial charge < -0.3 is 0 Å². The molecule has 27 heavy (non-hydrogen) atoms. The number of rotatable bonds is 4. The Hall–Kier alpha value is -2.93. The maximum atomic E-state index is 12.6. The van der Waals surface area contributed by atoms with Gasteiger partial charge in [-0.3, -0.25) is 9.89 Å². The first-order valence-corrected chi connectivity index (χ1v) is 9.96. The second-order valence-corrected chi connectivity index (χ2v) is 8.15. The number of aromatic amines is 1. The third-order valence-corrected chi connectivity index (χ3v) is 5.12. The highest BCUT2D eigenvalue weighted by molar-refractivity contribution is 8.13. The van der Waals surface area contributed by atoms with Crippen molar-refractivity contribution in [2.45, 2.75) is 4.90 Å². The fourth-order valence-electron chi connectivity index (χ4n) is 2.18. The lowest BCUT2D eigenvalue weighted by molar-refractivity contribution is 0.609. The third kappa shape index (κ3) is 3.93. The summed E-state index contributed by atoms with van der Waals surface area (Å²) in [5.41, 5.74) is -0.456. The molecule has 0 bridgehead atoms. The SMILES string of the molecule is N#Cc1[nH]n(-c2ccccc2)c(=O)c1N=Nc1cc(S(=O)(=O)Cl)ccc1Cl. The highest BCUT2D eigenvalue weighted by Crippen LogP contribution is 2.30. The number of nitrogens with zero attached hydrogens (tertiary/aromatic N) is 4. The van der Waals surface area contributed by atoms with Gasteiger partial charge in [-0.25, -0.2) is 13.1 Å². The van der Waals surface area contributed by atoms with Gasteiger partial charge in [0.1, 0.15) is 11.8 Å². The Morgan fingerprint density at radius 3 is 2.44 bits per heavy atom. The minimum absolute atomic E-state index is 0.0193. The summed E-state index contributed by atoms with van der Waals surface area (Å²) >= 11 is 5.98. The lowest BCUT2D eigenvalue weighted by Gasteiger charge is -2.00. The number of hydrogen-bond donors (Lipinski definition) is 1. The summed E-state index contributed by atoms with van der Waals surface area (Å²) in [5.74, 6) is 0. The quantitative estimate of drug-likeness (QED) is 0.504. The zero-order valence-electron chi connectivity index (χ0n) is 13.3. The molecule has 3 aromatic rings. The summed E-state index contributed by atoms with van der Waals surface area (Å²) < 4.78 is 24.0. The molecule has 0 atom stereocenters. The topological polar surface area (TPSA) is 120 Å². The molecule has 0 unspecified atom stereocenters. The Morgan fingerprint density at radius 2 is 1.81 bits per heavy atom. The van der Waals surface area contributed by atoms with Gasteiger partial charge in [0, 0.05) is 10.7 Å². The zero-order chi connectivity index (χ0) is 19.6. The number of aromatic nitrogens is 2. The number of H-pyrrole nitrogens is 1. The summed E-state index contributed by atoms with van der Waals surface area (Å²) in [5, 5.41) is 19.6. The standard InChI is InChI=1S/C16H9Cl2N5O3S/c17-12-7-6-11(27(18,25)26)8-13(12)20-21-15-14(9-19)22-23(16(15)24)10-4-2-1-3-5-10/h1-8,22H. The van der Waals surface area contributed by atoms with Crippen LogP contribution in [0.25, 0.3) is 5.69 Å². The van der Waals surface area contributed by atoms with Gasteiger partial charge in [-0.1, -0.05) is 29.8 Å². The van der Waals surface area contributed by atoms with Crippen molar-refractivity contribution in [3.8, 4) is 11.8 Å². The zero-order valence-corrected chi connectivity index (χ0v) is 15.6. The van der Waals surface area contributed by atoms with Crippen LogP contribution in [0.2, 0.25) is 5.02 Å². The molecule has 2 aromatic carbocycles. The molecule has 3 rings (SSSR count). The molecule has 136 valence electrons. The summed E-state index contributed by atoms with van der Waals surface area (Å²) in [7, 11) is 1.31. The van der Waals surface area contributed by atoms with E-state index in [1.165, 1.54) is 12.1 Å². The molecule has 1 aromatic heterocycles. The van der Waals surface area contributed by atoms with Crippen molar-refractivity contribution in [1.29, 1.82) is 5.26 Å². The minimum atomic E-state index is -3.99. The van der Waals surface area contributed by atoms with Gasteiger partial charge in [0.05, 0.1) is 15.6 Å². The molecule has 0 saturated carbocycles. The van der Waals surface area contributed by atoms with Crippen LogP contribution in [0.5, 0.6) is 0 Å². The lowest BCUT2D eigenvalue weighted by atomic mass is 10.3. The predicted octanol–water partition coefficient (Wildman–Crippen LogP) is 4.03. The monoisotopic (exact) mass is 421 g/mol. The molecule has 0 saturated heterocycles. The van der Waals surface area contributed by atoms with Crippen LogP contribution in [-0.2, 0) is 9.05 Å². The van der Waals surface area contributed by atoms with Gasteiger partial charge in [0.2, 0.25) is 0 Å². The van der Waals surface area contributed by atoms with Crippen LogP contribution in [0, 0.1) is 11.3 Å². The second-order valence-electron chi connectivity index (χ2n) is 5.17. The molecule has 0 spiro atoms. The Balaban J connectivity index is 2.08. The van der Waals surface area contributed by atoms with Gasteiger partial charge in [-0.05, 0) is 30.3 Å². The van der Waals surface area contributed by atoms with Gasteiger partial charge in [0.25, 0.3) is 14.6 Å². The average molecular weight is 422 g/mol. The van der Waals surface area contributed by atoms with Gasteiger partial charge >= 0.3 is 0 Å². The van der Waals surface area contributed by atoms with E-state index >= 15 is 0 Å². The first-order valence-electron chi connectivity index (χ1n) is 7.28. The van der Waals surface area contributed by atoms with Crippen LogP contribution in [0.4, 0.5) is 11.4 Å². The summed E-state index contributed by atoms with van der Waals surface area (Å²) in [6, 6.07) is 14.0. The van der Waals surface area contributed by atoms with E-state index in [9.17, 15) is 18.5 Å². The predicted molar refractivity (Wildman–Crippen MR) is 99.8 cm³/mol. The third-order valence-electron chi connectivity index (χ3n) is 3.45. The van der Waals surface area contributed by atoms with E-state index in [2.05, 4.69) is 15.3 Å². The number of halogens is 2. The summed E-state index contributed by atoms with van der Waals surface area (Å²) in [4.78, 5) is 12.3. The van der Waals surface area contributed by atoms with E-state index in [0.29, 0.717) is 5.69 Å². The molecular weight excluding hydrogens is 413 g/mol. The number of nitrogens with one attached hydrogen (secondary N) is 1. The smallest absolute Gasteiger partial charge is 0.279 e. The first kappa shape index (κ1) is 18.8. The van der Waals surface area contributed by atoms with Crippen molar-refractivity contribution in [1.82, 2.24) is 9.78 Å². The Labute approximate surface area is 162 Å². The summed E-state index contributed by atoms with van der Waals surface area (Å²) in [6.45, 7) is 0. The largest absolute Gasteiger partial charge is 0.300 e. The normalized spacial score (nSPS) is 11.6. The number of nitriles is 1. The lowest BCUT2D eigenvalue weighted by Crippen LogP contribution is -2.13. The molecule has 0 amide bonds. The fourth-order valence-corrected chi connectivity index (χ4v) is 3.11. The molecule has 1 heterocycles. The van der Waals surface area contributed by atoms with Crippen LogP contribution in [0.3, 0.4) is 0 Å². The molecule has 0 radical (unpaired) electrons. The van der Waals surface area contributed by atoms with Crippen LogP contribution in [-0.4, -0.2) is 18.2 Å². The first-order chi connectivity index (χ1) is 12.8. The summed E-state index contributed by atoms with van der Waals surface area (Å²) in [6.07, 6.45) is 0. The number of benzene rings is 2. The van der Waals surface area contributed by atoms with E-state index in [-0.39, 0.29) is 27.0 Å².